The molecule has 1 fully saturated rings. The van der Waals surface area contributed by atoms with Gasteiger partial charge in [-0.25, -0.2) is 8.42 Å². The minimum Gasteiger partial charge on any atom is -0.497 e. The van der Waals surface area contributed by atoms with Crippen molar-refractivity contribution in [1.29, 1.82) is 0 Å². The van der Waals surface area contributed by atoms with Gasteiger partial charge < -0.3 is 9.47 Å². The van der Waals surface area contributed by atoms with E-state index in [1.165, 1.54) is 4.31 Å². The van der Waals surface area contributed by atoms with E-state index >= 15 is 0 Å². The smallest absolute Gasteiger partial charge is 0.243 e. The summed E-state index contributed by atoms with van der Waals surface area (Å²) in [5.41, 5.74) is 2.14. The van der Waals surface area contributed by atoms with Crippen molar-refractivity contribution < 1.29 is 17.9 Å². The fraction of sp³-hybridized carbons (Fsp3) is 0.368. The van der Waals surface area contributed by atoms with E-state index in [-0.39, 0.29) is 12.6 Å². The average Bonchev–Trinajstić information content (AvgIpc) is 2.61. The van der Waals surface area contributed by atoms with Crippen molar-refractivity contribution in [3.8, 4) is 5.75 Å². The van der Waals surface area contributed by atoms with Gasteiger partial charge in [0.15, 0.2) is 0 Å². The lowest BCUT2D eigenvalue weighted by Gasteiger charge is -2.33. The van der Waals surface area contributed by atoms with Crippen LogP contribution >= 0.6 is 11.6 Å². The van der Waals surface area contributed by atoms with Crippen LogP contribution in [0.3, 0.4) is 0 Å². The fourth-order valence-corrected chi connectivity index (χ4v) is 5.43. The van der Waals surface area contributed by atoms with Gasteiger partial charge in [-0.15, -0.1) is 0 Å². The van der Waals surface area contributed by atoms with Gasteiger partial charge in [-0.05, 0) is 43.2 Å². The lowest BCUT2D eigenvalue weighted by Crippen LogP contribution is -2.42. The van der Waals surface area contributed by atoms with E-state index in [2.05, 4.69) is 0 Å². The first-order valence-corrected chi connectivity index (χ1v) is 10.2. The van der Waals surface area contributed by atoms with Crippen LogP contribution in [0.1, 0.15) is 22.8 Å². The van der Waals surface area contributed by atoms with Crippen molar-refractivity contribution in [1.82, 2.24) is 4.31 Å². The largest absolute Gasteiger partial charge is 0.497 e. The van der Waals surface area contributed by atoms with Crippen LogP contribution < -0.4 is 4.74 Å². The summed E-state index contributed by atoms with van der Waals surface area (Å²) in [6, 6.07) is 10.8. The fourth-order valence-electron chi connectivity index (χ4n) is 3.33. The Balaban J connectivity index is 1.94. The van der Waals surface area contributed by atoms with Crippen molar-refractivity contribution in [3.05, 3.63) is 58.1 Å². The van der Waals surface area contributed by atoms with E-state index in [0.29, 0.717) is 39.9 Å². The summed E-state index contributed by atoms with van der Waals surface area (Å²) < 4.78 is 39.1. The highest BCUT2D eigenvalue weighted by atomic mass is 35.5. The topological polar surface area (TPSA) is 55.8 Å². The number of methoxy groups -OCH3 is 1. The van der Waals surface area contributed by atoms with Crippen LogP contribution in [0, 0.1) is 13.8 Å². The highest BCUT2D eigenvalue weighted by molar-refractivity contribution is 7.89. The molecule has 0 bridgehead atoms. The van der Waals surface area contributed by atoms with Crippen LogP contribution in [0.25, 0.3) is 0 Å². The maximum absolute atomic E-state index is 13.3. The van der Waals surface area contributed by atoms with Crippen molar-refractivity contribution in [2.45, 2.75) is 24.8 Å². The summed E-state index contributed by atoms with van der Waals surface area (Å²) in [5, 5.41) is 0.577. The van der Waals surface area contributed by atoms with Crippen LogP contribution in [0.5, 0.6) is 5.75 Å². The van der Waals surface area contributed by atoms with Gasteiger partial charge in [0.25, 0.3) is 0 Å². The molecule has 2 aromatic rings. The number of ether oxygens (including phenoxy) is 2. The maximum atomic E-state index is 13.3. The Hall–Kier alpha value is -1.60. The number of halogens is 1. The highest BCUT2D eigenvalue weighted by Gasteiger charge is 2.34. The zero-order valence-electron chi connectivity index (χ0n) is 15.0. The number of morpholine rings is 1. The molecule has 1 unspecified atom stereocenters. The van der Waals surface area contributed by atoms with Crippen LogP contribution in [0.4, 0.5) is 0 Å². The molecule has 5 nitrogen and oxygen atoms in total. The second-order valence-corrected chi connectivity index (χ2v) is 8.62. The number of hydrogen-bond acceptors (Lipinski definition) is 4. The summed E-state index contributed by atoms with van der Waals surface area (Å²) >= 11 is 6.26. The molecular weight excluding hydrogens is 374 g/mol. The van der Waals surface area contributed by atoms with Crippen LogP contribution in [0.2, 0.25) is 5.02 Å². The Morgan fingerprint density at radius 1 is 1.19 bits per heavy atom. The van der Waals surface area contributed by atoms with Gasteiger partial charge in [-0.1, -0.05) is 29.8 Å². The summed E-state index contributed by atoms with van der Waals surface area (Å²) in [6.07, 6.45) is -0.383. The van der Waals surface area contributed by atoms with Crippen molar-refractivity contribution >= 4 is 21.6 Å². The van der Waals surface area contributed by atoms with Gasteiger partial charge in [-0.2, -0.15) is 4.31 Å². The molecule has 26 heavy (non-hydrogen) atoms. The first-order chi connectivity index (χ1) is 12.3. The van der Waals surface area contributed by atoms with Gasteiger partial charge in [0, 0.05) is 23.7 Å². The zero-order valence-corrected chi connectivity index (χ0v) is 16.6. The Morgan fingerprint density at radius 3 is 2.46 bits per heavy atom. The van der Waals surface area contributed by atoms with E-state index in [0.717, 1.165) is 5.56 Å². The van der Waals surface area contributed by atoms with Crippen molar-refractivity contribution in [2.75, 3.05) is 26.8 Å². The summed E-state index contributed by atoms with van der Waals surface area (Å²) in [6.45, 7) is 4.44. The predicted octanol–water partition coefficient (Wildman–Crippen LogP) is 3.73. The van der Waals surface area contributed by atoms with E-state index < -0.39 is 10.0 Å². The first kappa shape index (κ1) is 19.2. The quantitative estimate of drug-likeness (QED) is 0.791. The minimum atomic E-state index is -3.65. The maximum Gasteiger partial charge on any atom is 0.243 e. The average molecular weight is 396 g/mol. The van der Waals surface area contributed by atoms with Gasteiger partial charge in [0.2, 0.25) is 10.0 Å². The second-order valence-electron chi connectivity index (χ2n) is 6.33. The molecule has 3 rings (SSSR count). The van der Waals surface area contributed by atoms with Crippen LogP contribution in [-0.2, 0) is 14.8 Å². The Bertz CT molecular complexity index is 891. The first-order valence-electron chi connectivity index (χ1n) is 8.36. The molecule has 0 aromatic heterocycles. The van der Waals surface area contributed by atoms with Crippen molar-refractivity contribution in [2.24, 2.45) is 0 Å². The number of benzene rings is 2. The van der Waals surface area contributed by atoms with Gasteiger partial charge in [0.05, 0.1) is 24.7 Å². The third-order valence-electron chi connectivity index (χ3n) is 4.55. The molecular formula is C19H22ClNO4S. The standard InChI is InChI=1S/C19H22ClNO4S/c1-13-10-15(24-3)11-14(2)19(13)26(22,23)21-8-9-25-18(12-21)16-6-4-5-7-17(16)20/h4-7,10-11,18H,8-9,12H2,1-3H3. The molecule has 0 radical (unpaired) electrons. The van der Waals surface area contributed by atoms with E-state index in [1.807, 2.05) is 18.2 Å². The predicted molar refractivity (Wildman–Crippen MR) is 101 cm³/mol. The lowest BCUT2D eigenvalue weighted by atomic mass is 10.1. The van der Waals surface area contributed by atoms with Crippen LogP contribution in [-0.4, -0.2) is 39.5 Å². The second kappa shape index (κ2) is 7.56. The molecule has 1 saturated heterocycles. The molecule has 140 valence electrons. The molecule has 2 aromatic carbocycles. The monoisotopic (exact) mass is 395 g/mol. The van der Waals surface area contributed by atoms with E-state index in [1.54, 1.807) is 39.2 Å². The molecule has 1 atom stereocenters. The number of aryl methyl sites for hydroxylation is 2. The summed E-state index contributed by atoms with van der Waals surface area (Å²) in [5.74, 6) is 0.648. The SMILES string of the molecule is COc1cc(C)c(S(=O)(=O)N2CCOC(c3ccccc3Cl)C2)c(C)c1. The van der Waals surface area contributed by atoms with Gasteiger partial charge >= 0.3 is 0 Å². The normalized spacial score (nSPS) is 18.7. The number of nitrogens with zero attached hydrogens (tertiary/aromatic N) is 1. The number of hydrogen-bond donors (Lipinski definition) is 0. The van der Waals surface area contributed by atoms with Gasteiger partial charge in [0.1, 0.15) is 5.75 Å². The third kappa shape index (κ3) is 3.60. The molecule has 7 heteroatoms. The molecule has 0 saturated carbocycles. The number of sulfonamides is 1. The summed E-state index contributed by atoms with van der Waals surface area (Å²) in [7, 11) is -2.08. The third-order valence-corrected chi connectivity index (χ3v) is 7.06. The molecule has 1 aliphatic rings. The molecule has 0 spiro atoms. The molecule has 0 amide bonds. The number of rotatable bonds is 4. The molecule has 1 aliphatic heterocycles. The van der Waals surface area contributed by atoms with Gasteiger partial charge in [-0.3, -0.25) is 0 Å². The Kier molecular flexibility index (Phi) is 5.58. The Labute approximate surface area is 159 Å². The molecule has 1 heterocycles. The zero-order chi connectivity index (χ0) is 18.9. The van der Waals surface area contributed by atoms with E-state index in [4.69, 9.17) is 21.1 Å². The Morgan fingerprint density at radius 2 is 1.85 bits per heavy atom. The minimum absolute atomic E-state index is 0.233. The molecule has 0 N–H and O–H groups in total. The molecule has 0 aliphatic carbocycles. The highest BCUT2D eigenvalue weighted by Crippen LogP contribution is 2.33. The summed E-state index contributed by atoms with van der Waals surface area (Å²) in [4.78, 5) is 0.332. The van der Waals surface area contributed by atoms with Crippen LogP contribution in [0.15, 0.2) is 41.3 Å². The van der Waals surface area contributed by atoms with E-state index in [9.17, 15) is 8.42 Å². The van der Waals surface area contributed by atoms with Crippen molar-refractivity contribution in [3.63, 3.8) is 0 Å². The lowest BCUT2D eigenvalue weighted by molar-refractivity contribution is -0.00252.